The molecule has 33 heavy (non-hydrogen) atoms. The fourth-order valence-electron chi connectivity index (χ4n) is 3.38. The van der Waals surface area contributed by atoms with Gasteiger partial charge >= 0.3 is 0 Å². The number of hydrogen-bond acceptors (Lipinski definition) is 4. The topological polar surface area (TPSA) is 80.3 Å². The first-order chi connectivity index (χ1) is 16.0. The normalized spacial score (nSPS) is 10.6. The number of aromatic nitrogens is 1. The van der Waals surface area contributed by atoms with Gasteiger partial charge in [0.25, 0.3) is 5.91 Å². The molecule has 0 aliphatic rings. The number of amides is 2. The second-order valence-corrected chi connectivity index (χ2v) is 7.15. The second-order valence-electron chi connectivity index (χ2n) is 7.15. The Balaban J connectivity index is 1.43. The Hall–Kier alpha value is -4.33. The molecule has 2 N–H and O–H groups in total. The average Bonchev–Trinajstić information content (AvgIpc) is 2.82. The zero-order chi connectivity index (χ0) is 23.4. The lowest BCUT2D eigenvalue weighted by Crippen LogP contribution is -2.33. The molecule has 0 radical (unpaired) electrons. The molecule has 2 amide bonds. The first kappa shape index (κ1) is 21.9. The largest absolute Gasteiger partial charge is 0.497 e. The van der Waals surface area contributed by atoms with E-state index in [2.05, 4.69) is 15.6 Å². The van der Waals surface area contributed by atoms with E-state index in [1.807, 2.05) is 12.1 Å². The lowest BCUT2D eigenvalue weighted by Gasteiger charge is -2.10. The lowest BCUT2D eigenvalue weighted by molar-refractivity contribution is -0.115. The third-order valence-corrected chi connectivity index (χ3v) is 5.02. The maximum Gasteiger partial charge on any atom is 0.254 e. The third kappa shape index (κ3) is 4.79. The van der Waals surface area contributed by atoms with Crippen LogP contribution < -0.4 is 15.4 Å². The third-order valence-electron chi connectivity index (χ3n) is 5.02. The van der Waals surface area contributed by atoms with E-state index in [4.69, 9.17) is 4.74 Å². The molecule has 0 unspecified atom stereocenters. The number of carbonyl (C=O) groups is 2. The van der Waals surface area contributed by atoms with Crippen LogP contribution in [0.25, 0.3) is 22.0 Å². The molecule has 4 rings (SSSR count). The Kier molecular flexibility index (Phi) is 6.26. The Morgan fingerprint density at radius 2 is 1.79 bits per heavy atom. The molecule has 1 aromatic heterocycles. The first-order valence-electron chi connectivity index (χ1n) is 10.0. The van der Waals surface area contributed by atoms with Crippen molar-refractivity contribution in [2.24, 2.45) is 0 Å². The van der Waals surface area contributed by atoms with Crippen LogP contribution in [0.5, 0.6) is 5.75 Å². The minimum absolute atomic E-state index is 0.171. The molecule has 8 heteroatoms. The van der Waals surface area contributed by atoms with E-state index in [0.717, 1.165) is 11.5 Å². The van der Waals surface area contributed by atoms with Gasteiger partial charge in [-0.05, 0) is 42.0 Å². The number of fused-ring (bicyclic) bond motifs is 1. The van der Waals surface area contributed by atoms with Crippen molar-refractivity contribution in [1.82, 2.24) is 10.3 Å². The summed E-state index contributed by atoms with van der Waals surface area (Å²) in [5.74, 6) is -2.33. The summed E-state index contributed by atoms with van der Waals surface area (Å²) in [6.07, 6.45) is 1.62. The van der Waals surface area contributed by atoms with Gasteiger partial charge in [-0.2, -0.15) is 0 Å². The molecule has 6 nitrogen and oxygen atoms in total. The van der Waals surface area contributed by atoms with Gasteiger partial charge in [-0.1, -0.05) is 24.3 Å². The predicted octanol–water partition coefficient (Wildman–Crippen LogP) is 4.56. The number of rotatable bonds is 6. The van der Waals surface area contributed by atoms with Crippen molar-refractivity contribution in [2.75, 3.05) is 19.0 Å². The molecular weight excluding hydrogens is 428 g/mol. The molecule has 0 saturated carbocycles. The highest BCUT2D eigenvalue weighted by atomic mass is 19.1. The second kappa shape index (κ2) is 9.44. The highest BCUT2D eigenvalue weighted by Crippen LogP contribution is 2.27. The van der Waals surface area contributed by atoms with Crippen LogP contribution in [0.1, 0.15) is 10.4 Å². The molecule has 0 aliphatic carbocycles. The molecule has 1 heterocycles. The Morgan fingerprint density at radius 1 is 0.970 bits per heavy atom. The van der Waals surface area contributed by atoms with Crippen LogP contribution in [0.2, 0.25) is 0 Å². The summed E-state index contributed by atoms with van der Waals surface area (Å²) < 4.78 is 33.8. The van der Waals surface area contributed by atoms with Crippen molar-refractivity contribution in [3.63, 3.8) is 0 Å². The van der Waals surface area contributed by atoms with Gasteiger partial charge in [0, 0.05) is 23.2 Å². The molecule has 0 fully saturated rings. The van der Waals surface area contributed by atoms with Crippen LogP contribution in [0.3, 0.4) is 0 Å². The van der Waals surface area contributed by atoms with E-state index in [0.29, 0.717) is 17.0 Å². The zero-order valence-electron chi connectivity index (χ0n) is 17.6. The molecule has 0 atom stereocenters. The van der Waals surface area contributed by atoms with Crippen LogP contribution in [0.4, 0.5) is 14.5 Å². The molecular formula is C25H19F2N3O3. The number of para-hydroxylation sites is 1. The molecule has 0 bridgehead atoms. The van der Waals surface area contributed by atoms with Gasteiger partial charge in [-0.3, -0.25) is 14.6 Å². The molecule has 0 spiro atoms. The number of methoxy groups -OCH3 is 1. The standard InChI is InChI=1S/C25H19F2N3O3/c1-33-17-8-10-18(21(27)13-17)16-7-9-19(20(26)12-16)25(32)29-14-23(31)30-22-6-2-4-15-5-3-11-28-24(15)22/h2-13H,14H2,1H3,(H,29,32)(H,30,31). The number of benzene rings is 3. The number of carbonyl (C=O) groups excluding carboxylic acids is 2. The highest BCUT2D eigenvalue weighted by molar-refractivity contribution is 6.03. The van der Waals surface area contributed by atoms with Crippen LogP contribution in [-0.4, -0.2) is 30.5 Å². The van der Waals surface area contributed by atoms with Crippen LogP contribution in [-0.2, 0) is 4.79 Å². The fourth-order valence-corrected chi connectivity index (χ4v) is 3.38. The van der Waals surface area contributed by atoms with E-state index in [1.54, 1.807) is 30.5 Å². The number of nitrogens with zero attached hydrogens (tertiary/aromatic N) is 1. The van der Waals surface area contributed by atoms with Gasteiger partial charge in [0.15, 0.2) is 0 Å². The smallest absolute Gasteiger partial charge is 0.254 e. The summed E-state index contributed by atoms with van der Waals surface area (Å²) in [7, 11) is 1.42. The first-order valence-corrected chi connectivity index (χ1v) is 10.0. The van der Waals surface area contributed by atoms with Gasteiger partial charge in [0.05, 0.1) is 30.4 Å². The van der Waals surface area contributed by atoms with Crippen molar-refractivity contribution < 1.29 is 23.1 Å². The predicted molar refractivity (Wildman–Crippen MR) is 121 cm³/mol. The fraction of sp³-hybridized carbons (Fsp3) is 0.0800. The Bertz CT molecular complexity index is 1350. The Labute approximate surface area is 188 Å². The Morgan fingerprint density at radius 3 is 2.55 bits per heavy atom. The van der Waals surface area contributed by atoms with E-state index < -0.39 is 23.4 Å². The van der Waals surface area contributed by atoms with Gasteiger partial charge in [-0.25, -0.2) is 8.78 Å². The molecule has 0 aliphatic heterocycles. The monoisotopic (exact) mass is 447 g/mol. The molecule has 3 aromatic carbocycles. The number of anilines is 1. The summed E-state index contributed by atoms with van der Waals surface area (Å²) in [4.78, 5) is 29.0. The summed E-state index contributed by atoms with van der Waals surface area (Å²) in [5.41, 5.74) is 1.30. The minimum atomic E-state index is -0.834. The van der Waals surface area contributed by atoms with Crippen molar-refractivity contribution in [3.8, 4) is 16.9 Å². The number of pyridine rings is 1. The van der Waals surface area contributed by atoms with Crippen molar-refractivity contribution in [2.45, 2.75) is 0 Å². The van der Waals surface area contributed by atoms with E-state index in [9.17, 15) is 18.4 Å². The van der Waals surface area contributed by atoms with Crippen molar-refractivity contribution >= 4 is 28.4 Å². The molecule has 4 aromatic rings. The van der Waals surface area contributed by atoms with E-state index in [1.165, 1.54) is 31.4 Å². The quantitative estimate of drug-likeness (QED) is 0.454. The van der Waals surface area contributed by atoms with Gasteiger partial charge < -0.3 is 15.4 Å². The number of ether oxygens (including phenoxy) is 1. The van der Waals surface area contributed by atoms with Crippen LogP contribution in [0, 0.1) is 11.6 Å². The summed E-state index contributed by atoms with van der Waals surface area (Å²) in [6.45, 7) is -0.365. The lowest BCUT2D eigenvalue weighted by atomic mass is 10.0. The average molecular weight is 447 g/mol. The maximum absolute atomic E-state index is 14.6. The van der Waals surface area contributed by atoms with Crippen LogP contribution >= 0.6 is 0 Å². The SMILES string of the molecule is COc1ccc(-c2ccc(C(=O)NCC(=O)Nc3cccc4cccnc34)c(F)c2)c(F)c1. The molecule has 166 valence electrons. The van der Waals surface area contributed by atoms with Crippen molar-refractivity contribution in [3.05, 3.63) is 90.1 Å². The number of halogens is 2. The van der Waals surface area contributed by atoms with E-state index in [-0.39, 0.29) is 23.2 Å². The number of hydrogen-bond donors (Lipinski definition) is 2. The highest BCUT2D eigenvalue weighted by Gasteiger charge is 2.16. The zero-order valence-corrected chi connectivity index (χ0v) is 17.6. The van der Waals surface area contributed by atoms with Gasteiger partial charge in [0.1, 0.15) is 17.4 Å². The number of nitrogens with one attached hydrogen (secondary N) is 2. The van der Waals surface area contributed by atoms with Gasteiger partial charge in [-0.15, -0.1) is 0 Å². The minimum Gasteiger partial charge on any atom is -0.497 e. The van der Waals surface area contributed by atoms with E-state index >= 15 is 0 Å². The van der Waals surface area contributed by atoms with Crippen LogP contribution in [0.15, 0.2) is 72.9 Å². The summed E-state index contributed by atoms with van der Waals surface area (Å²) in [6, 6.07) is 17.0. The summed E-state index contributed by atoms with van der Waals surface area (Å²) >= 11 is 0. The van der Waals surface area contributed by atoms with Crippen molar-refractivity contribution in [1.29, 1.82) is 0 Å². The van der Waals surface area contributed by atoms with Gasteiger partial charge in [0.2, 0.25) is 5.91 Å². The maximum atomic E-state index is 14.6. The summed E-state index contributed by atoms with van der Waals surface area (Å²) in [5, 5.41) is 5.94. The molecule has 0 saturated heterocycles.